The van der Waals surface area contributed by atoms with Crippen LogP contribution in [0, 0.1) is 0 Å². The van der Waals surface area contributed by atoms with E-state index in [2.05, 4.69) is 76.6 Å². The second-order valence-electron chi connectivity index (χ2n) is 7.00. The van der Waals surface area contributed by atoms with Gasteiger partial charge in [-0.1, -0.05) is 87.8 Å². The summed E-state index contributed by atoms with van der Waals surface area (Å²) in [5.41, 5.74) is 6.60. The maximum absolute atomic E-state index is 3.99. The molecular formula is C27H46N2. The zero-order valence-electron chi connectivity index (χ0n) is 20.7. The first-order valence-electron chi connectivity index (χ1n) is 10.2. The van der Waals surface area contributed by atoms with Crippen molar-refractivity contribution in [1.29, 1.82) is 0 Å². The Morgan fingerprint density at radius 3 is 1.41 bits per heavy atom. The lowest BCUT2D eigenvalue weighted by Crippen LogP contribution is -2.11. The highest BCUT2D eigenvalue weighted by atomic mass is 15.0. The molecule has 0 spiro atoms. The minimum absolute atomic E-state index is 0.881. The Labute approximate surface area is 182 Å². The van der Waals surface area contributed by atoms with E-state index >= 15 is 0 Å². The van der Waals surface area contributed by atoms with Crippen LogP contribution in [0.5, 0.6) is 0 Å². The van der Waals surface area contributed by atoms with Crippen molar-refractivity contribution in [2.45, 2.75) is 41.5 Å². The number of hydrogen-bond donors (Lipinski definition) is 1. The minimum Gasteiger partial charge on any atom is -0.316 e. The van der Waals surface area contributed by atoms with Gasteiger partial charge in [-0.05, 0) is 71.1 Å². The van der Waals surface area contributed by atoms with Crippen LogP contribution in [-0.4, -0.2) is 39.1 Å². The van der Waals surface area contributed by atoms with Crippen molar-refractivity contribution in [3.05, 3.63) is 96.2 Å². The van der Waals surface area contributed by atoms with E-state index in [1.807, 2.05) is 59.0 Å². The third-order valence-corrected chi connectivity index (χ3v) is 3.53. The van der Waals surface area contributed by atoms with Crippen molar-refractivity contribution < 1.29 is 0 Å². The molecule has 0 bridgehead atoms. The average molecular weight is 399 g/mol. The van der Waals surface area contributed by atoms with Gasteiger partial charge in [0.2, 0.25) is 0 Å². The first-order chi connectivity index (χ1) is 13.5. The largest absolute Gasteiger partial charge is 0.316 e. The summed E-state index contributed by atoms with van der Waals surface area (Å²) in [6.07, 6.45) is 12.2. The highest BCUT2D eigenvalue weighted by Gasteiger charge is 1.92. The summed E-state index contributed by atoms with van der Waals surface area (Å²) in [5.74, 6) is 0. The Balaban J connectivity index is -0.000000430. The number of likely N-dealkylation sites (N-methyl/N-ethyl adjacent to an activating group) is 2. The number of nitrogens with one attached hydrogen (secondary N) is 1. The van der Waals surface area contributed by atoms with Gasteiger partial charge in [0.05, 0.1) is 0 Å². The second kappa shape index (κ2) is 20.6. The van der Waals surface area contributed by atoms with Gasteiger partial charge in [-0.3, -0.25) is 0 Å². The quantitative estimate of drug-likeness (QED) is 0.397. The molecule has 0 saturated heterocycles. The normalized spacial score (nSPS) is 11.7. The molecule has 0 atom stereocenters. The third kappa shape index (κ3) is 23.8. The van der Waals surface area contributed by atoms with Crippen molar-refractivity contribution in [3.8, 4) is 0 Å². The van der Waals surface area contributed by atoms with E-state index in [-0.39, 0.29) is 0 Å². The molecule has 0 aliphatic rings. The van der Waals surface area contributed by atoms with Gasteiger partial charge in [-0.2, -0.15) is 0 Å². The van der Waals surface area contributed by atoms with Crippen molar-refractivity contribution >= 4 is 0 Å². The lowest BCUT2D eigenvalue weighted by atomic mass is 10.1. The van der Waals surface area contributed by atoms with E-state index in [9.17, 15) is 0 Å². The lowest BCUT2D eigenvalue weighted by molar-refractivity contribution is 0.455. The third-order valence-electron chi connectivity index (χ3n) is 3.53. The lowest BCUT2D eigenvalue weighted by Gasteiger charge is -2.06. The number of rotatable bonds is 10. The fourth-order valence-corrected chi connectivity index (χ4v) is 1.59. The van der Waals surface area contributed by atoms with Crippen LogP contribution in [-0.2, 0) is 0 Å². The summed E-state index contributed by atoms with van der Waals surface area (Å²) in [7, 11) is 6.03. The predicted octanol–water partition coefficient (Wildman–Crippen LogP) is 7.05. The Bertz CT molecular complexity index is 623. The van der Waals surface area contributed by atoms with Crippen molar-refractivity contribution in [3.63, 3.8) is 0 Å². The molecule has 0 heterocycles. The van der Waals surface area contributed by atoms with Crippen LogP contribution in [0.25, 0.3) is 0 Å². The van der Waals surface area contributed by atoms with Gasteiger partial charge in [0.25, 0.3) is 0 Å². The summed E-state index contributed by atoms with van der Waals surface area (Å²) in [6.45, 7) is 29.4. The van der Waals surface area contributed by atoms with Crippen LogP contribution in [0.15, 0.2) is 96.2 Å². The molecule has 1 N–H and O–H groups in total. The fraction of sp³-hybridized carbons (Fsp3) is 0.407. The molecule has 0 aliphatic heterocycles. The summed E-state index contributed by atoms with van der Waals surface area (Å²) in [4.78, 5) is 2.12. The molecule has 0 aliphatic carbocycles. The average Bonchev–Trinajstić information content (AvgIpc) is 2.68. The molecule has 2 nitrogen and oxygen atoms in total. The zero-order valence-corrected chi connectivity index (χ0v) is 20.7. The maximum Gasteiger partial charge on any atom is 0.0162 e. The number of hydrogen-bond acceptors (Lipinski definition) is 2. The molecule has 0 unspecified atom stereocenters. The van der Waals surface area contributed by atoms with Crippen LogP contribution in [0.1, 0.15) is 41.5 Å². The standard InChI is InChI=1S/C13H21N.C12H19N.C2H6/c1-11(2)7-8-12(3)13(4)9-10-14(5)6;1-10(2)6-7-11(3)12(4)8-9-13-5;1-2/h7-9H,1,3,10H2,2,4-6H3;6-8,13H,1,3,9H2,2,4-5H3;1-2H3/b8-7-,13-9+;7-6-,12-8+;. The van der Waals surface area contributed by atoms with Crippen molar-refractivity contribution in [2.75, 3.05) is 34.2 Å². The van der Waals surface area contributed by atoms with Crippen LogP contribution < -0.4 is 5.32 Å². The Morgan fingerprint density at radius 2 is 1.10 bits per heavy atom. The maximum atomic E-state index is 3.99. The van der Waals surface area contributed by atoms with Crippen LogP contribution in [0.4, 0.5) is 0 Å². The van der Waals surface area contributed by atoms with Crippen LogP contribution >= 0.6 is 0 Å². The molecule has 0 aromatic heterocycles. The van der Waals surface area contributed by atoms with Crippen LogP contribution in [0.3, 0.4) is 0 Å². The molecule has 0 fully saturated rings. The summed E-state index contributed by atoms with van der Waals surface area (Å²) in [5, 5.41) is 3.06. The van der Waals surface area contributed by atoms with Crippen LogP contribution in [0.2, 0.25) is 0 Å². The molecule has 0 aromatic rings. The van der Waals surface area contributed by atoms with Crippen molar-refractivity contribution in [1.82, 2.24) is 10.2 Å². The molecule has 0 radical (unpaired) electrons. The van der Waals surface area contributed by atoms with E-state index in [0.29, 0.717) is 0 Å². The molecule has 2 heteroatoms. The zero-order chi connectivity index (χ0) is 23.4. The Morgan fingerprint density at radius 1 is 0.724 bits per heavy atom. The van der Waals surface area contributed by atoms with Gasteiger partial charge in [0.15, 0.2) is 0 Å². The molecule has 29 heavy (non-hydrogen) atoms. The Hall–Kier alpha value is -2.16. The predicted molar refractivity (Wildman–Crippen MR) is 138 cm³/mol. The summed E-state index contributed by atoms with van der Waals surface area (Å²) < 4.78 is 0. The Kier molecular flexibility index (Phi) is 22.4. The summed E-state index contributed by atoms with van der Waals surface area (Å²) in [6, 6.07) is 0. The van der Waals surface area contributed by atoms with Gasteiger partial charge < -0.3 is 10.2 Å². The second-order valence-corrected chi connectivity index (χ2v) is 7.00. The van der Waals surface area contributed by atoms with Gasteiger partial charge in [0.1, 0.15) is 0 Å². The monoisotopic (exact) mass is 398 g/mol. The highest BCUT2D eigenvalue weighted by molar-refractivity contribution is 5.38. The van der Waals surface area contributed by atoms with E-state index in [1.165, 1.54) is 11.1 Å². The minimum atomic E-state index is 0.881. The molecule has 0 amide bonds. The smallest absolute Gasteiger partial charge is 0.0162 e. The van der Waals surface area contributed by atoms with E-state index in [4.69, 9.17) is 0 Å². The fourth-order valence-electron chi connectivity index (χ4n) is 1.59. The SMILES string of the molecule is C=C(C)/C=C\C(=C)/C(C)=C/CN(C)C.C=C(C)/C=C\C(=C)/C(C)=C/CNC.CC. The highest BCUT2D eigenvalue weighted by Crippen LogP contribution is 2.09. The molecule has 0 saturated carbocycles. The number of allylic oxidation sites excluding steroid dienone is 10. The van der Waals surface area contributed by atoms with Crippen molar-refractivity contribution in [2.24, 2.45) is 0 Å². The first kappa shape index (κ1) is 31.5. The summed E-state index contributed by atoms with van der Waals surface area (Å²) >= 11 is 0. The van der Waals surface area contributed by atoms with E-state index in [0.717, 1.165) is 35.4 Å². The van der Waals surface area contributed by atoms with Gasteiger partial charge in [-0.15, -0.1) is 0 Å². The van der Waals surface area contributed by atoms with Gasteiger partial charge in [-0.25, -0.2) is 0 Å². The molecule has 164 valence electrons. The molecule has 0 aromatic carbocycles. The van der Waals surface area contributed by atoms with Gasteiger partial charge in [0, 0.05) is 13.1 Å². The topological polar surface area (TPSA) is 15.3 Å². The number of nitrogens with zero attached hydrogens (tertiary/aromatic N) is 1. The van der Waals surface area contributed by atoms with E-state index in [1.54, 1.807) is 0 Å². The first-order valence-corrected chi connectivity index (χ1v) is 10.2. The van der Waals surface area contributed by atoms with E-state index < -0.39 is 0 Å². The molecular weight excluding hydrogens is 352 g/mol. The van der Waals surface area contributed by atoms with Gasteiger partial charge >= 0.3 is 0 Å². The molecule has 0 rings (SSSR count).